The predicted octanol–water partition coefficient (Wildman–Crippen LogP) is 1.34. The quantitative estimate of drug-likeness (QED) is 0.860. The number of carbonyl (C=O) groups is 1. The number of hydrogen-bond donors (Lipinski definition) is 2. The highest BCUT2D eigenvalue weighted by Gasteiger charge is 2.32. The van der Waals surface area contributed by atoms with Gasteiger partial charge in [-0.15, -0.1) is 0 Å². The van der Waals surface area contributed by atoms with Gasteiger partial charge in [0, 0.05) is 35.6 Å². The fourth-order valence-corrected chi connectivity index (χ4v) is 3.06. The van der Waals surface area contributed by atoms with Crippen LogP contribution in [0.1, 0.15) is 34.7 Å². The van der Waals surface area contributed by atoms with E-state index in [4.69, 9.17) is 20.3 Å². The molecule has 0 saturated carbocycles. The van der Waals surface area contributed by atoms with Gasteiger partial charge < -0.3 is 20.3 Å². The molecular weight excluding hydrogens is 246 g/mol. The smallest absolute Gasteiger partial charge is 0.305 e. The molecule has 1 atom stereocenters. The van der Waals surface area contributed by atoms with E-state index in [0.29, 0.717) is 13.2 Å². The van der Waals surface area contributed by atoms with Crippen LogP contribution in [0.5, 0.6) is 11.5 Å². The fourth-order valence-electron chi connectivity index (χ4n) is 3.06. The maximum atomic E-state index is 10.9. The second kappa shape index (κ2) is 4.42. The van der Waals surface area contributed by atoms with Gasteiger partial charge in [-0.1, -0.05) is 0 Å². The van der Waals surface area contributed by atoms with Crippen molar-refractivity contribution in [3.05, 3.63) is 22.3 Å². The first kappa shape index (κ1) is 12.3. The molecule has 1 aromatic carbocycles. The highest BCUT2D eigenvalue weighted by atomic mass is 16.5. The number of fused-ring (bicyclic) bond motifs is 2. The van der Waals surface area contributed by atoms with Crippen molar-refractivity contribution in [2.45, 2.75) is 32.2 Å². The minimum Gasteiger partial charge on any atom is -0.493 e. The minimum atomic E-state index is -0.896. The first-order chi connectivity index (χ1) is 9.09. The third kappa shape index (κ3) is 1.85. The van der Waals surface area contributed by atoms with Gasteiger partial charge in [0.15, 0.2) is 0 Å². The molecule has 5 heteroatoms. The van der Waals surface area contributed by atoms with Crippen molar-refractivity contribution >= 4 is 5.97 Å². The number of nitrogens with two attached hydrogens (primary N) is 1. The number of carboxylic acid groups (broad SMARTS) is 1. The Morgan fingerprint density at radius 3 is 2.58 bits per heavy atom. The first-order valence-electron chi connectivity index (χ1n) is 6.50. The maximum Gasteiger partial charge on any atom is 0.305 e. The van der Waals surface area contributed by atoms with E-state index in [9.17, 15) is 4.79 Å². The summed E-state index contributed by atoms with van der Waals surface area (Å²) in [6, 6.07) is -0.541. The maximum absolute atomic E-state index is 10.9. The zero-order valence-electron chi connectivity index (χ0n) is 10.9. The van der Waals surface area contributed by atoms with Crippen LogP contribution in [-0.4, -0.2) is 24.3 Å². The Kier molecular flexibility index (Phi) is 2.86. The van der Waals surface area contributed by atoms with E-state index >= 15 is 0 Å². The molecule has 0 aromatic heterocycles. The van der Waals surface area contributed by atoms with Gasteiger partial charge in [0.05, 0.1) is 19.6 Å². The highest BCUT2D eigenvalue weighted by Crippen LogP contribution is 2.46. The molecule has 5 nitrogen and oxygen atoms in total. The molecule has 0 aliphatic carbocycles. The van der Waals surface area contributed by atoms with Gasteiger partial charge in [0.2, 0.25) is 0 Å². The van der Waals surface area contributed by atoms with Crippen LogP contribution in [0.15, 0.2) is 0 Å². The molecule has 3 N–H and O–H groups in total. The van der Waals surface area contributed by atoms with Crippen LogP contribution in [0.2, 0.25) is 0 Å². The molecule has 19 heavy (non-hydrogen) atoms. The zero-order chi connectivity index (χ0) is 13.6. The van der Waals surface area contributed by atoms with E-state index in [2.05, 4.69) is 0 Å². The summed E-state index contributed by atoms with van der Waals surface area (Å²) in [4.78, 5) is 10.9. The SMILES string of the molecule is Cc1c2c(c(C(N)CC(=O)O)c3c1OCC3)OCC2. The second-order valence-corrected chi connectivity index (χ2v) is 5.06. The van der Waals surface area contributed by atoms with Crippen molar-refractivity contribution in [3.8, 4) is 11.5 Å². The van der Waals surface area contributed by atoms with E-state index in [1.807, 2.05) is 6.92 Å². The summed E-state index contributed by atoms with van der Waals surface area (Å²) in [6.45, 7) is 3.29. The van der Waals surface area contributed by atoms with Crippen molar-refractivity contribution in [1.29, 1.82) is 0 Å². The average Bonchev–Trinajstić information content (AvgIpc) is 2.96. The van der Waals surface area contributed by atoms with Crippen molar-refractivity contribution in [3.63, 3.8) is 0 Å². The number of rotatable bonds is 3. The average molecular weight is 263 g/mol. The van der Waals surface area contributed by atoms with Crippen LogP contribution in [0.25, 0.3) is 0 Å². The molecule has 0 bridgehead atoms. The molecule has 0 saturated heterocycles. The lowest BCUT2D eigenvalue weighted by atomic mass is 9.90. The summed E-state index contributed by atoms with van der Waals surface area (Å²) in [7, 11) is 0. The number of hydrogen-bond acceptors (Lipinski definition) is 4. The van der Waals surface area contributed by atoms with Gasteiger partial charge in [-0.05, 0) is 12.5 Å². The molecule has 3 rings (SSSR count). The third-order valence-electron chi connectivity index (χ3n) is 3.87. The Labute approximate surface area is 111 Å². The Hall–Kier alpha value is -1.75. The van der Waals surface area contributed by atoms with Gasteiger partial charge in [-0.2, -0.15) is 0 Å². The Morgan fingerprint density at radius 2 is 1.89 bits per heavy atom. The topological polar surface area (TPSA) is 81.8 Å². The Balaban J connectivity index is 2.15. The molecule has 2 heterocycles. The number of ether oxygens (including phenoxy) is 2. The van der Waals surface area contributed by atoms with Crippen molar-refractivity contribution < 1.29 is 19.4 Å². The third-order valence-corrected chi connectivity index (χ3v) is 3.87. The van der Waals surface area contributed by atoms with Gasteiger partial charge in [0.25, 0.3) is 0 Å². The van der Waals surface area contributed by atoms with E-state index in [1.54, 1.807) is 0 Å². The molecule has 0 fully saturated rings. The standard InChI is InChI=1S/C14H17NO4/c1-7-8-2-4-19-14(8)12(10(15)6-11(16)17)9-3-5-18-13(7)9/h10H,2-6,15H2,1H3,(H,16,17). The second-order valence-electron chi connectivity index (χ2n) is 5.06. The van der Waals surface area contributed by atoms with Crippen LogP contribution < -0.4 is 15.2 Å². The lowest BCUT2D eigenvalue weighted by Crippen LogP contribution is -2.17. The summed E-state index contributed by atoms with van der Waals surface area (Å²) in [5.41, 5.74) is 10.2. The zero-order valence-corrected chi connectivity index (χ0v) is 10.9. The monoisotopic (exact) mass is 263 g/mol. The highest BCUT2D eigenvalue weighted by molar-refractivity contribution is 5.70. The van der Waals surface area contributed by atoms with Gasteiger partial charge in [-0.3, -0.25) is 4.79 Å². The molecule has 0 radical (unpaired) electrons. The molecule has 2 aliphatic rings. The number of benzene rings is 1. The summed E-state index contributed by atoms with van der Waals surface area (Å²) >= 11 is 0. The summed E-state index contributed by atoms with van der Waals surface area (Å²) < 4.78 is 11.4. The normalized spacial score (nSPS) is 17.4. The van der Waals surface area contributed by atoms with E-state index in [0.717, 1.165) is 46.6 Å². The van der Waals surface area contributed by atoms with Gasteiger partial charge in [-0.25, -0.2) is 0 Å². The van der Waals surface area contributed by atoms with Crippen LogP contribution in [0, 0.1) is 6.92 Å². The molecule has 1 unspecified atom stereocenters. The molecule has 1 aromatic rings. The van der Waals surface area contributed by atoms with Gasteiger partial charge >= 0.3 is 5.97 Å². The first-order valence-corrected chi connectivity index (χ1v) is 6.50. The van der Waals surface area contributed by atoms with Crippen LogP contribution in [0.4, 0.5) is 0 Å². The van der Waals surface area contributed by atoms with E-state index in [-0.39, 0.29) is 6.42 Å². The molecule has 0 amide bonds. The van der Waals surface area contributed by atoms with Crippen molar-refractivity contribution in [2.24, 2.45) is 5.73 Å². The van der Waals surface area contributed by atoms with Crippen LogP contribution >= 0.6 is 0 Å². The fraction of sp³-hybridized carbons (Fsp3) is 0.500. The molecule has 102 valence electrons. The Morgan fingerprint density at radius 1 is 1.26 bits per heavy atom. The van der Waals surface area contributed by atoms with E-state index < -0.39 is 12.0 Å². The summed E-state index contributed by atoms with van der Waals surface area (Å²) in [6.07, 6.45) is 1.52. The van der Waals surface area contributed by atoms with Gasteiger partial charge in [0.1, 0.15) is 11.5 Å². The minimum absolute atomic E-state index is 0.0920. The predicted molar refractivity (Wildman–Crippen MR) is 68.8 cm³/mol. The van der Waals surface area contributed by atoms with E-state index in [1.165, 1.54) is 0 Å². The molecule has 0 spiro atoms. The Bertz CT molecular complexity index is 518. The summed E-state index contributed by atoms with van der Waals surface area (Å²) in [5, 5.41) is 8.94. The molecular formula is C14H17NO4. The largest absolute Gasteiger partial charge is 0.493 e. The van der Waals surface area contributed by atoms with Crippen molar-refractivity contribution in [2.75, 3.05) is 13.2 Å². The van der Waals surface area contributed by atoms with Crippen molar-refractivity contribution in [1.82, 2.24) is 0 Å². The van der Waals surface area contributed by atoms with Crippen LogP contribution in [0.3, 0.4) is 0 Å². The lowest BCUT2D eigenvalue weighted by Gasteiger charge is -2.19. The number of carboxylic acids is 1. The molecule has 2 aliphatic heterocycles. The lowest BCUT2D eigenvalue weighted by molar-refractivity contribution is -0.137. The number of aliphatic carboxylic acids is 1. The summed E-state index contributed by atoms with van der Waals surface area (Å²) in [5.74, 6) is 0.795. The van der Waals surface area contributed by atoms with Crippen LogP contribution in [-0.2, 0) is 17.6 Å².